The maximum atomic E-state index is 11.8. The van der Waals surface area contributed by atoms with E-state index in [-0.39, 0.29) is 11.5 Å². The first-order valence-corrected chi connectivity index (χ1v) is 7.98. The number of nitrogens with two attached hydrogens (primary N) is 1. The Morgan fingerprint density at radius 1 is 1.24 bits per heavy atom. The third kappa shape index (κ3) is 5.32. The number of hydrogen-bond donors (Lipinski definition) is 4. The van der Waals surface area contributed by atoms with Crippen LogP contribution in [0.4, 0.5) is 23.0 Å². The van der Waals surface area contributed by atoms with E-state index in [0.29, 0.717) is 35.2 Å². The molecule has 0 unspecified atom stereocenters. The number of nitrogens with one attached hydrogen (secondary N) is 3. The van der Waals surface area contributed by atoms with Gasteiger partial charge in [0.05, 0.1) is 12.2 Å². The molecule has 0 saturated heterocycles. The zero-order valence-electron chi connectivity index (χ0n) is 14.9. The van der Waals surface area contributed by atoms with Crippen LogP contribution in [0.3, 0.4) is 0 Å². The number of anilines is 4. The van der Waals surface area contributed by atoms with Crippen LogP contribution in [0.25, 0.3) is 0 Å². The molecule has 5 N–H and O–H groups in total. The van der Waals surface area contributed by atoms with Crippen LogP contribution in [0.15, 0.2) is 30.6 Å². The lowest BCUT2D eigenvalue weighted by molar-refractivity contribution is 0.0526. The summed E-state index contributed by atoms with van der Waals surface area (Å²) in [5.41, 5.74) is 13.5. The van der Waals surface area contributed by atoms with E-state index >= 15 is 0 Å². The van der Waals surface area contributed by atoms with E-state index in [1.165, 1.54) is 6.33 Å². The Morgan fingerprint density at radius 3 is 2.64 bits per heavy atom. The molecule has 0 radical (unpaired) electrons. The molecular formula is C17H24N6O2. The average Bonchev–Trinajstić information content (AvgIpc) is 2.55. The van der Waals surface area contributed by atoms with Gasteiger partial charge < -0.3 is 21.2 Å². The molecule has 134 valence electrons. The van der Waals surface area contributed by atoms with Crippen molar-refractivity contribution in [1.29, 1.82) is 0 Å². The van der Waals surface area contributed by atoms with Crippen molar-refractivity contribution >= 4 is 29.0 Å². The molecule has 0 fully saturated rings. The molecule has 0 aliphatic heterocycles. The van der Waals surface area contributed by atoms with Crippen molar-refractivity contribution in [3.05, 3.63) is 36.2 Å². The van der Waals surface area contributed by atoms with Gasteiger partial charge in [0.2, 0.25) is 0 Å². The van der Waals surface area contributed by atoms with E-state index in [1.54, 1.807) is 25.1 Å². The molecule has 2 aromatic rings. The molecule has 0 saturated carbocycles. The van der Waals surface area contributed by atoms with Crippen molar-refractivity contribution in [2.24, 2.45) is 0 Å². The zero-order valence-corrected chi connectivity index (χ0v) is 14.9. The molecular weight excluding hydrogens is 320 g/mol. The predicted octanol–water partition coefficient (Wildman–Crippen LogP) is 2.69. The van der Waals surface area contributed by atoms with E-state index in [4.69, 9.17) is 10.5 Å². The molecule has 0 aliphatic rings. The van der Waals surface area contributed by atoms with E-state index in [1.807, 2.05) is 26.8 Å². The molecule has 0 aliphatic carbocycles. The lowest BCUT2D eigenvalue weighted by atomic mass is 10.1. The van der Waals surface area contributed by atoms with Gasteiger partial charge in [-0.25, -0.2) is 20.2 Å². The zero-order chi connectivity index (χ0) is 18.4. The normalized spacial score (nSPS) is 11.0. The number of ether oxygens (including phenoxy) is 1. The Kier molecular flexibility index (Phi) is 5.76. The molecule has 1 heterocycles. The van der Waals surface area contributed by atoms with Gasteiger partial charge in [-0.1, -0.05) is 6.07 Å². The van der Waals surface area contributed by atoms with Crippen LogP contribution >= 0.6 is 0 Å². The average molecular weight is 344 g/mol. The number of hydrogen-bond acceptors (Lipinski definition) is 8. The smallest absolute Gasteiger partial charge is 0.338 e. The van der Waals surface area contributed by atoms with Crippen molar-refractivity contribution in [2.45, 2.75) is 33.2 Å². The Morgan fingerprint density at radius 2 is 1.96 bits per heavy atom. The second-order valence-electron chi connectivity index (χ2n) is 6.41. The van der Waals surface area contributed by atoms with Crippen molar-refractivity contribution in [2.75, 3.05) is 23.1 Å². The molecule has 8 heteroatoms. The van der Waals surface area contributed by atoms with Gasteiger partial charge in [-0.15, -0.1) is 0 Å². The third-order valence-corrected chi connectivity index (χ3v) is 3.08. The Hall–Kier alpha value is -2.87. The van der Waals surface area contributed by atoms with Crippen LogP contribution in [0.1, 0.15) is 38.1 Å². The first-order valence-electron chi connectivity index (χ1n) is 7.98. The summed E-state index contributed by atoms with van der Waals surface area (Å²) < 4.78 is 5.00. The summed E-state index contributed by atoms with van der Waals surface area (Å²) in [4.78, 5) is 20.1. The molecule has 25 heavy (non-hydrogen) atoms. The number of carbonyl (C=O) groups is 1. The van der Waals surface area contributed by atoms with Gasteiger partial charge in [-0.3, -0.25) is 0 Å². The van der Waals surface area contributed by atoms with Crippen LogP contribution in [0.5, 0.6) is 0 Å². The van der Waals surface area contributed by atoms with Crippen LogP contribution < -0.4 is 21.9 Å². The van der Waals surface area contributed by atoms with E-state index in [9.17, 15) is 4.79 Å². The van der Waals surface area contributed by atoms with Crippen molar-refractivity contribution < 1.29 is 9.53 Å². The summed E-state index contributed by atoms with van der Waals surface area (Å²) in [6.07, 6.45) is 1.40. The van der Waals surface area contributed by atoms with Crippen LogP contribution in [0.2, 0.25) is 0 Å². The predicted molar refractivity (Wildman–Crippen MR) is 98.6 cm³/mol. The SMILES string of the molecule is CCOC(=O)c1cccc(Nc2ncnc(NNC(C)(C)C)c2N)c1. The van der Waals surface area contributed by atoms with Gasteiger partial charge in [-0.2, -0.15) is 0 Å². The van der Waals surface area contributed by atoms with Gasteiger partial charge in [-0.05, 0) is 45.9 Å². The first-order chi connectivity index (χ1) is 11.8. The maximum absolute atomic E-state index is 11.8. The van der Waals surface area contributed by atoms with Crippen LogP contribution in [-0.2, 0) is 4.74 Å². The minimum atomic E-state index is -0.376. The standard InChI is InChI=1S/C17H24N6O2/c1-5-25-16(24)11-7-6-8-12(9-11)21-14-13(18)15(20-10-19-14)22-23-17(2,3)4/h6-10,23H,5,18H2,1-4H3,(H2,19,20,21,22). The Labute approximate surface area is 147 Å². The Bertz CT molecular complexity index is 742. The minimum absolute atomic E-state index is 0.154. The van der Waals surface area contributed by atoms with Gasteiger partial charge >= 0.3 is 5.97 Å². The van der Waals surface area contributed by atoms with Crippen LogP contribution in [-0.4, -0.2) is 28.1 Å². The fourth-order valence-corrected chi connectivity index (χ4v) is 1.92. The molecule has 8 nitrogen and oxygen atoms in total. The summed E-state index contributed by atoms with van der Waals surface area (Å²) >= 11 is 0. The summed E-state index contributed by atoms with van der Waals surface area (Å²) in [7, 11) is 0. The number of nitrogen functional groups attached to an aromatic ring is 1. The fraction of sp³-hybridized carbons (Fsp3) is 0.353. The summed E-state index contributed by atoms with van der Waals surface area (Å²) in [6, 6.07) is 6.93. The molecule has 2 rings (SSSR count). The number of benzene rings is 1. The highest BCUT2D eigenvalue weighted by Gasteiger charge is 2.13. The fourth-order valence-electron chi connectivity index (χ4n) is 1.92. The van der Waals surface area contributed by atoms with Gasteiger partial charge in [0.15, 0.2) is 11.6 Å². The molecule has 0 atom stereocenters. The number of aromatic nitrogens is 2. The van der Waals surface area contributed by atoms with E-state index in [2.05, 4.69) is 26.1 Å². The number of esters is 1. The van der Waals surface area contributed by atoms with Crippen LogP contribution in [0, 0.1) is 0 Å². The van der Waals surface area contributed by atoms with Gasteiger partial charge in [0.25, 0.3) is 0 Å². The highest BCUT2D eigenvalue weighted by molar-refractivity contribution is 5.91. The summed E-state index contributed by atoms with van der Waals surface area (Å²) in [5, 5.41) is 3.10. The number of hydrazine groups is 1. The minimum Gasteiger partial charge on any atom is -0.462 e. The maximum Gasteiger partial charge on any atom is 0.338 e. The lowest BCUT2D eigenvalue weighted by Crippen LogP contribution is -2.40. The molecule has 0 bridgehead atoms. The number of nitrogens with zero attached hydrogens (tertiary/aromatic N) is 2. The number of rotatable bonds is 6. The first kappa shape index (κ1) is 18.5. The molecule has 0 spiro atoms. The largest absolute Gasteiger partial charge is 0.462 e. The molecule has 1 aromatic carbocycles. The highest BCUT2D eigenvalue weighted by Crippen LogP contribution is 2.26. The number of carbonyl (C=O) groups excluding carboxylic acids is 1. The third-order valence-electron chi connectivity index (χ3n) is 3.08. The highest BCUT2D eigenvalue weighted by atomic mass is 16.5. The summed E-state index contributed by atoms with van der Waals surface area (Å²) in [6.45, 7) is 8.12. The second kappa shape index (κ2) is 7.80. The van der Waals surface area contributed by atoms with Gasteiger partial charge in [0.1, 0.15) is 12.0 Å². The van der Waals surface area contributed by atoms with Gasteiger partial charge in [0, 0.05) is 11.2 Å². The Balaban J connectivity index is 2.18. The molecule has 1 aromatic heterocycles. The quantitative estimate of drug-likeness (QED) is 0.467. The van der Waals surface area contributed by atoms with E-state index in [0.717, 1.165) is 0 Å². The van der Waals surface area contributed by atoms with Crippen molar-refractivity contribution in [1.82, 2.24) is 15.4 Å². The monoisotopic (exact) mass is 344 g/mol. The lowest BCUT2D eigenvalue weighted by Gasteiger charge is -2.22. The second-order valence-corrected chi connectivity index (χ2v) is 6.41. The van der Waals surface area contributed by atoms with E-state index < -0.39 is 0 Å². The molecule has 0 amide bonds. The van der Waals surface area contributed by atoms with Crippen molar-refractivity contribution in [3.63, 3.8) is 0 Å². The van der Waals surface area contributed by atoms with Crippen molar-refractivity contribution in [3.8, 4) is 0 Å². The topological polar surface area (TPSA) is 114 Å². The summed E-state index contributed by atoms with van der Waals surface area (Å²) in [5.74, 6) is 0.529.